The van der Waals surface area contributed by atoms with Crippen LogP contribution >= 0.6 is 11.3 Å². The summed E-state index contributed by atoms with van der Waals surface area (Å²) in [4.78, 5) is 13.4. The highest BCUT2D eigenvalue weighted by molar-refractivity contribution is 7.89. The van der Waals surface area contributed by atoms with Crippen LogP contribution in [0.15, 0.2) is 40.6 Å². The van der Waals surface area contributed by atoms with Gasteiger partial charge in [-0.1, -0.05) is 6.07 Å². The summed E-state index contributed by atoms with van der Waals surface area (Å²) < 4.78 is 28.6. The quantitative estimate of drug-likeness (QED) is 0.650. The van der Waals surface area contributed by atoms with Gasteiger partial charge < -0.3 is 9.64 Å². The molecule has 10 heteroatoms. The Morgan fingerprint density at radius 3 is 2.79 bits per heavy atom. The number of hydrogen-bond acceptors (Lipinski definition) is 7. The Hall–Kier alpha value is -2.01. The van der Waals surface area contributed by atoms with Gasteiger partial charge in [-0.3, -0.25) is 10.1 Å². The Labute approximate surface area is 142 Å². The summed E-state index contributed by atoms with van der Waals surface area (Å²) in [6, 6.07) is 7.59. The maximum Gasteiger partial charge on any atom is 0.293 e. The predicted molar refractivity (Wildman–Crippen MR) is 89.7 cm³/mol. The zero-order valence-electron chi connectivity index (χ0n) is 12.5. The van der Waals surface area contributed by atoms with Gasteiger partial charge in [0.05, 0.1) is 16.4 Å². The summed E-state index contributed by atoms with van der Waals surface area (Å²) in [6.07, 6.45) is -0.170. The number of nitrogens with zero attached hydrogens (tertiary/aromatic N) is 2. The molecule has 2 aromatic rings. The number of nitro groups is 1. The average molecular weight is 369 g/mol. The maximum absolute atomic E-state index is 11.4. The summed E-state index contributed by atoms with van der Waals surface area (Å²) in [6.45, 7) is 1.37. The minimum absolute atomic E-state index is 0.170. The van der Waals surface area contributed by atoms with E-state index in [2.05, 4.69) is 0 Å². The number of ether oxygens (including phenoxy) is 1. The molecule has 1 aromatic carbocycles. The van der Waals surface area contributed by atoms with Crippen molar-refractivity contribution in [2.45, 2.75) is 11.0 Å². The van der Waals surface area contributed by atoms with Gasteiger partial charge in [-0.2, -0.15) is 0 Å². The van der Waals surface area contributed by atoms with Crippen LogP contribution in [0.1, 0.15) is 11.0 Å². The van der Waals surface area contributed by atoms with Gasteiger partial charge >= 0.3 is 0 Å². The standard InChI is InChI=1S/C14H15N3O5S2/c15-24(20,21)10-3-4-11(12(8-10)17(18)19)16-5-6-22-13(9-16)14-2-1-7-23-14/h1-4,7-8,13H,5-6,9H2,(H2,15,20,21). The Kier molecular flexibility index (Phi) is 4.54. The van der Waals surface area contributed by atoms with Crippen LogP contribution in [0.25, 0.3) is 0 Å². The van der Waals surface area contributed by atoms with E-state index < -0.39 is 14.9 Å². The lowest BCUT2D eigenvalue weighted by Crippen LogP contribution is -2.38. The van der Waals surface area contributed by atoms with Crippen molar-refractivity contribution in [3.8, 4) is 0 Å². The molecular weight excluding hydrogens is 354 g/mol. The number of anilines is 1. The molecule has 0 aliphatic carbocycles. The molecule has 0 amide bonds. The Balaban J connectivity index is 1.94. The fraction of sp³-hybridized carbons (Fsp3) is 0.286. The zero-order valence-corrected chi connectivity index (χ0v) is 14.1. The minimum Gasteiger partial charge on any atom is -0.369 e. The molecule has 2 heterocycles. The van der Waals surface area contributed by atoms with Crippen molar-refractivity contribution in [2.24, 2.45) is 5.14 Å². The molecule has 1 atom stereocenters. The smallest absolute Gasteiger partial charge is 0.293 e. The molecular formula is C14H15N3O5S2. The van der Waals surface area contributed by atoms with Gasteiger partial charge in [0, 0.05) is 24.0 Å². The van der Waals surface area contributed by atoms with E-state index in [1.165, 1.54) is 12.1 Å². The van der Waals surface area contributed by atoms with E-state index in [1.807, 2.05) is 22.4 Å². The van der Waals surface area contributed by atoms with Crippen molar-refractivity contribution in [1.29, 1.82) is 0 Å². The zero-order chi connectivity index (χ0) is 17.3. The molecule has 0 bridgehead atoms. The molecule has 8 nitrogen and oxygen atoms in total. The van der Waals surface area contributed by atoms with Gasteiger partial charge in [-0.15, -0.1) is 11.3 Å². The third-order valence-corrected chi connectivity index (χ3v) is 5.62. The van der Waals surface area contributed by atoms with Crippen molar-refractivity contribution in [1.82, 2.24) is 0 Å². The van der Waals surface area contributed by atoms with E-state index in [-0.39, 0.29) is 16.7 Å². The highest BCUT2D eigenvalue weighted by Gasteiger charge is 2.28. The van der Waals surface area contributed by atoms with Crippen LogP contribution in [0.3, 0.4) is 0 Å². The van der Waals surface area contributed by atoms with Crippen molar-refractivity contribution < 1.29 is 18.1 Å². The maximum atomic E-state index is 11.4. The second-order valence-electron chi connectivity index (χ2n) is 5.27. The fourth-order valence-corrected chi connectivity index (χ4v) is 3.91. The van der Waals surface area contributed by atoms with Crippen LogP contribution in [-0.4, -0.2) is 33.0 Å². The lowest BCUT2D eigenvalue weighted by Gasteiger charge is -2.33. The van der Waals surface area contributed by atoms with Crippen molar-refractivity contribution >= 4 is 32.7 Å². The first-order valence-electron chi connectivity index (χ1n) is 7.07. The number of hydrogen-bond donors (Lipinski definition) is 1. The topological polar surface area (TPSA) is 116 Å². The number of benzene rings is 1. The number of thiophene rings is 1. The number of morpholine rings is 1. The second kappa shape index (κ2) is 6.48. The van der Waals surface area contributed by atoms with Gasteiger partial charge in [0.15, 0.2) is 0 Å². The van der Waals surface area contributed by atoms with E-state index in [9.17, 15) is 18.5 Å². The molecule has 2 N–H and O–H groups in total. The summed E-state index contributed by atoms with van der Waals surface area (Å²) >= 11 is 1.56. The number of nitrogens with two attached hydrogens (primary N) is 1. The number of nitro benzene ring substituents is 1. The highest BCUT2D eigenvalue weighted by atomic mass is 32.2. The van der Waals surface area contributed by atoms with Crippen molar-refractivity contribution in [3.05, 3.63) is 50.7 Å². The van der Waals surface area contributed by atoms with Gasteiger partial charge in [0.1, 0.15) is 11.8 Å². The fourth-order valence-electron chi connectivity index (χ4n) is 2.61. The van der Waals surface area contributed by atoms with E-state index in [0.29, 0.717) is 25.4 Å². The molecule has 1 aliphatic rings. The Bertz CT molecular complexity index is 851. The lowest BCUT2D eigenvalue weighted by molar-refractivity contribution is -0.384. The monoisotopic (exact) mass is 369 g/mol. The van der Waals surface area contributed by atoms with Crippen LogP contribution in [0, 0.1) is 10.1 Å². The average Bonchev–Trinajstić information content (AvgIpc) is 3.08. The lowest BCUT2D eigenvalue weighted by atomic mass is 10.2. The predicted octanol–water partition coefficient (Wildman–Crippen LogP) is 1.88. The van der Waals surface area contributed by atoms with E-state index in [1.54, 1.807) is 11.3 Å². The van der Waals surface area contributed by atoms with Crippen LogP contribution < -0.4 is 10.0 Å². The minimum atomic E-state index is -4.00. The first kappa shape index (κ1) is 16.8. The molecule has 24 heavy (non-hydrogen) atoms. The van der Waals surface area contributed by atoms with E-state index in [0.717, 1.165) is 10.9 Å². The summed E-state index contributed by atoms with van der Waals surface area (Å²) in [5.74, 6) is 0. The normalized spacial score (nSPS) is 18.5. The molecule has 1 aromatic heterocycles. The van der Waals surface area contributed by atoms with Gasteiger partial charge in [0.2, 0.25) is 10.0 Å². The third-order valence-electron chi connectivity index (χ3n) is 3.74. The van der Waals surface area contributed by atoms with Crippen LogP contribution in [0.5, 0.6) is 0 Å². The molecule has 1 unspecified atom stereocenters. The van der Waals surface area contributed by atoms with Crippen molar-refractivity contribution in [3.63, 3.8) is 0 Å². The molecule has 0 saturated carbocycles. The molecule has 0 spiro atoms. The summed E-state index contributed by atoms with van der Waals surface area (Å²) in [5.41, 5.74) is 0.0746. The van der Waals surface area contributed by atoms with E-state index >= 15 is 0 Å². The molecule has 0 radical (unpaired) electrons. The largest absolute Gasteiger partial charge is 0.369 e. The first-order chi connectivity index (χ1) is 11.4. The third kappa shape index (κ3) is 3.41. The Morgan fingerprint density at radius 1 is 1.38 bits per heavy atom. The molecule has 1 saturated heterocycles. The van der Waals surface area contributed by atoms with Crippen LogP contribution in [0.2, 0.25) is 0 Å². The van der Waals surface area contributed by atoms with Crippen molar-refractivity contribution in [2.75, 3.05) is 24.6 Å². The second-order valence-corrected chi connectivity index (χ2v) is 7.81. The molecule has 1 fully saturated rings. The van der Waals surface area contributed by atoms with Crippen LogP contribution in [-0.2, 0) is 14.8 Å². The molecule has 1 aliphatic heterocycles. The SMILES string of the molecule is NS(=O)(=O)c1ccc(N2CCOC(c3cccs3)C2)c([N+](=O)[O-])c1. The highest BCUT2D eigenvalue weighted by Crippen LogP contribution is 2.34. The summed E-state index contributed by atoms with van der Waals surface area (Å²) in [5, 5.41) is 18.4. The Morgan fingerprint density at radius 2 is 2.17 bits per heavy atom. The number of rotatable bonds is 4. The molecule has 3 rings (SSSR count). The van der Waals surface area contributed by atoms with Gasteiger partial charge in [0.25, 0.3) is 5.69 Å². The van der Waals surface area contributed by atoms with Crippen LogP contribution in [0.4, 0.5) is 11.4 Å². The molecule has 128 valence electrons. The van der Waals surface area contributed by atoms with E-state index in [4.69, 9.17) is 9.88 Å². The number of primary sulfonamides is 1. The first-order valence-corrected chi connectivity index (χ1v) is 9.50. The van der Waals surface area contributed by atoms with Gasteiger partial charge in [-0.25, -0.2) is 13.6 Å². The number of sulfonamides is 1. The summed E-state index contributed by atoms with van der Waals surface area (Å²) in [7, 11) is -4.00. The van der Waals surface area contributed by atoms with Gasteiger partial charge in [-0.05, 0) is 23.6 Å².